The molecule has 72 valence electrons. The van der Waals surface area contributed by atoms with E-state index < -0.39 is 0 Å². The SMILES string of the molecule is CCC(CC)c1c(Cl)cccc1Cl. The summed E-state index contributed by atoms with van der Waals surface area (Å²) in [5.41, 5.74) is 1.11. The summed E-state index contributed by atoms with van der Waals surface area (Å²) in [6, 6.07) is 5.69. The molecule has 0 aliphatic rings. The van der Waals surface area contributed by atoms with Crippen molar-refractivity contribution >= 4 is 23.2 Å². The van der Waals surface area contributed by atoms with Gasteiger partial charge in [-0.25, -0.2) is 0 Å². The molecule has 0 radical (unpaired) electrons. The van der Waals surface area contributed by atoms with Gasteiger partial charge in [0.25, 0.3) is 0 Å². The van der Waals surface area contributed by atoms with E-state index in [1.165, 1.54) is 0 Å². The third-order valence-corrected chi connectivity index (χ3v) is 3.05. The summed E-state index contributed by atoms with van der Waals surface area (Å²) in [5, 5.41) is 1.59. The van der Waals surface area contributed by atoms with Crippen LogP contribution in [0.25, 0.3) is 0 Å². The lowest BCUT2D eigenvalue weighted by Gasteiger charge is -2.15. The summed E-state index contributed by atoms with van der Waals surface area (Å²) in [7, 11) is 0. The number of hydrogen-bond acceptors (Lipinski definition) is 0. The maximum atomic E-state index is 6.10. The minimum absolute atomic E-state index is 0.487. The van der Waals surface area contributed by atoms with Crippen molar-refractivity contribution in [1.82, 2.24) is 0 Å². The van der Waals surface area contributed by atoms with E-state index in [1.807, 2.05) is 18.2 Å². The van der Waals surface area contributed by atoms with E-state index in [4.69, 9.17) is 23.2 Å². The van der Waals surface area contributed by atoms with Crippen molar-refractivity contribution in [3.63, 3.8) is 0 Å². The van der Waals surface area contributed by atoms with Crippen LogP contribution in [-0.2, 0) is 0 Å². The van der Waals surface area contributed by atoms with Crippen LogP contribution < -0.4 is 0 Å². The summed E-state index contributed by atoms with van der Waals surface area (Å²) < 4.78 is 0. The van der Waals surface area contributed by atoms with E-state index >= 15 is 0 Å². The van der Waals surface area contributed by atoms with Gasteiger partial charge in [0.2, 0.25) is 0 Å². The molecule has 0 aliphatic carbocycles. The predicted octanol–water partition coefficient (Wildman–Crippen LogP) is 4.90. The Morgan fingerprint density at radius 3 is 1.92 bits per heavy atom. The molecule has 0 N–H and O–H groups in total. The van der Waals surface area contributed by atoms with Gasteiger partial charge >= 0.3 is 0 Å². The highest BCUT2D eigenvalue weighted by molar-refractivity contribution is 6.36. The fourth-order valence-electron chi connectivity index (χ4n) is 1.60. The summed E-state index contributed by atoms with van der Waals surface area (Å²) in [6.07, 6.45) is 2.17. The molecule has 1 rings (SSSR count). The topological polar surface area (TPSA) is 0 Å². The van der Waals surface area contributed by atoms with Gasteiger partial charge in [-0.2, -0.15) is 0 Å². The Bertz CT molecular complexity index is 257. The molecule has 1 aromatic rings. The molecule has 0 fully saturated rings. The van der Waals surface area contributed by atoms with Gasteiger partial charge in [0.05, 0.1) is 0 Å². The Morgan fingerprint density at radius 2 is 1.54 bits per heavy atom. The molecule has 0 bridgehead atoms. The molecular formula is C11H14Cl2. The zero-order valence-electron chi connectivity index (χ0n) is 7.98. The van der Waals surface area contributed by atoms with E-state index in [0.29, 0.717) is 5.92 Å². The summed E-state index contributed by atoms with van der Waals surface area (Å²) in [4.78, 5) is 0. The molecule has 0 aromatic heterocycles. The zero-order valence-corrected chi connectivity index (χ0v) is 9.49. The van der Waals surface area contributed by atoms with Gasteiger partial charge in [-0.1, -0.05) is 43.1 Å². The lowest BCUT2D eigenvalue weighted by Crippen LogP contribution is -1.97. The van der Waals surface area contributed by atoms with Gasteiger partial charge in [-0.3, -0.25) is 0 Å². The Hall–Kier alpha value is -0.200. The number of benzene rings is 1. The van der Waals surface area contributed by atoms with Crippen molar-refractivity contribution in [3.8, 4) is 0 Å². The van der Waals surface area contributed by atoms with Gasteiger partial charge in [0.1, 0.15) is 0 Å². The first-order valence-corrected chi connectivity index (χ1v) is 5.40. The second-order valence-electron chi connectivity index (χ2n) is 3.15. The lowest BCUT2D eigenvalue weighted by molar-refractivity contribution is 0.642. The lowest BCUT2D eigenvalue weighted by atomic mass is 9.94. The molecule has 1 aromatic carbocycles. The van der Waals surface area contributed by atoms with Crippen molar-refractivity contribution in [2.75, 3.05) is 0 Å². The molecule has 2 heteroatoms. The third-order valence-electron chi connectivity index (χ3n) is 2.39. The first kappa shape index (κ1) is 10.9. The van der Waals surface area contributed by atoms with Gasteiger partial charge < -0.3 is 0 Å². The molecule has 0 unspecified atom stereocenters. The summed E-state index contributed by atoms with van der Waals surface area (Å²) >= 11 is 12.2. The van der Waals surface area contributed by atoms with Crippen LogP contribution in [0.4, 0.5) is 0 Å². The average Bonchev–Trinajstić information content (AvgIpc) is 2.11. The zero-order chi connectivity index (χ0) is 9.84. The highest BCUT2D eigenvalue weighted by Gasteiger charge is 2.13. The summed E-state index contributed by atoms with van der Waals surface area (Å²) in [5.74, 6) is 0.487. The van der Waals surface area contributed by atoms with E-state index in [1.54, 1.807) is 0 Å². The van der Waals surface area contributed by atoms with Gasteiger partial charge in [-0.05, 0) is 36.5 Å². The van der Waals surface area contributed by atoms with Crippen LogP contribution in [0.1, 0.15) is 38.2 Å². The second kappa shape index (κ2) is 4.88. The Labute approximate surface area is 89.9 Å². The molecule has 0 amide bonds. The second-order valence-corrected chi connectivity index (χ2v) is 3.96. The quantitative estimate of drug-likeness (QED) is 0.675. The number of rotatable bonds is 3. The minimum atomic E-state index is 0.487. The van der Waals surface area contributed by atoms with Crippen molar-refractivity contribution in [2.45, 2.75) is 32.6 Å². The van der Waals surface area contributed by atoms with Gasteiger partial charge in [0.15, 0.2) is 0 Å². The average molecular weight is 217 g/mol. The maximum Gasteiger partial charge on any atom is 0.0455 e. The molecule has 0 atom stereocenters. The Morgan fingerprint density at radius 1 is 1.08 bits per heavy atom. The molecular weight excluding hydrogens is 203 g/mol. The first-order chi connectivity index (χ1) is 6.20. The Balaban J connectivity index is 3.10. The normalized spacial score (nSPS) is 10.8. The molecule has 0 saturated carbocycles. The van der Waals surface area contributed by atoms with Gasteiger partial charge in [0, 0.05) is 10.0 Å². The highest BCUT2D eigenvalue weighted by Crippen LogP contribution is 2.34. The Kier molecular flexibility index (Phi) is 4.08. The van der Waals surface area contributed by atoms with E-state index in [2.05, 4.69) is 13.8 Å². The van der Waals surface area contributed by atoms with Crippen LogP contribution >= 0.6 is 23.2 Å². The minimum Gasteiger partial charge on any atom is -0.0840 e. The molecule has 0 saturated heterocycles. The van der Waals surface area contributed by atoms with Crippen molar-refractivity contribution in [3.05, 3.63) is 33.8 Å². The van der Waals surface area contributed by atoms with E-state index in [0.717, 1.165) is 28.5 Å². The molecule has 0 heterocycles. The first-order valence-electron chi connectivity index (χ1n) is 4.64. The van der Waals surface area contributed by atoms with E-state index in [-0.39, 0.29) is 0 Å². The van der Waals surface area contributed by atoms with Crippen LogP contribution in [0.5, 0.6) is 0 Å². The van der Waals surface area contributed by atoms with E-state index in [9.17, 15) is 0 Å². The molecule has 0 spiro atoms. The maximum absolute atomic E-state index is 6.10. The molecule has 13 heavy (non-hydrogen) atoms. The fraction of sp³-hybridized carbons (Fsp3) is 0.455. The molecule has 0 aliphatic heterocycles. The fourth-order valence-corrected chi connectivity index (χ4v) is 2.30. The smallest absolute Gasteiger partial charge is 0.0455 e. The van der Waals surface area contributed by atoms with Crippen LogP contribution in [0, 0.1) is 0 Å². The van der Waals surface area contributed by atoms with Crippen LogP contribution in [0.3, 0.4) is 0 Å². The largest absolute Gasteiger partial charge is 0.0840 e. The predicted molar refractivity (Wildman–Crippen MR) is 59.8 cm³/mol. The summed E-state index contributed by atoms with van der Waals surface area (Å²) in [6.45, 7) is 4.32. The monoisotopic (exact) mass is 216 g/mol. The van der Waals surface area contributed by atoms with Crippen molar-refractivity contribution in [1.29, 1.82) is 0 Å². The third kappa shape index (κ3) is 2.38. The highest BCUT2D eigenvalue weighted by atomic mass is 35.5. The van der Waals surface area contributed by atoms with Crippen molar-refractivity contribution in [2.24, 2.45) is 0 Å². The molecule has 0 nitrogen and oxygen atoms in total. The standard InChI is InChI=1S/C11H14Cl2/c1-3-8(4-2)11-9(12)6-5-7-10(11)13/h5-8H,3-4H2,1-2H3. The van der Waals surface area contributed by atoms with Gasteiger partial charge in [-0.15, -0.1) is 0 Å². The number of halogens is 2. The number of hydrogen-bond donors (Lipinski definition) is 0. The van der Waals surface area contributed by atoms with Crippen LogP contribution in [0.2, 0.25) is 10.0 Å². The van der Waals surface area contributed by atoms with Crippen molar-refractivity contribution < 1.29 is 0 Å². The van der Waals surface area contributed by atoms with Crippen LogP contribution in [0.15, 0.2) is 18.2 Å². The van der Waals surface area contributed by atoms with Crippen LogP contribution in [-0.4, -0.2) is 0 Å².